The molecule has 3 nitrogen and oxygen atoms in total. The number of rotatable bonds is 5. The first-order chi connectivity index (χ1) is 7.63. The lowest BCUT2D eigenvalue weighted by Gasteiger charge is -2.30. The van der Waals surface area contributed by atoms with E-state index in [2.05, 4.69) is 19.2 Å². The van der Waals surface area contributed by atoms with Crippen LogP contribution in [-0.4, -0.2) is 18.5 Å². The van der Waals surface area contributed by atoms with Crippen molar-refractivity contribution in [1.29, 1.82) is 0 Å². The normalized spacial score (nSPS) is 19.8. The Balaban J connectivity index is 2.37. The highest BCUT2D eigenvalue weighted by molar-refractivity contribution is 5.76. The van der Waals surface area contributed by atoms with Crippen LogP contribution in [0, 0.1) is 11.8 Å². The quantitative estimate of drug-likeness (QED) is 0.754. The predicted molar refractivity (Wildman–Crippen MR) is 67.0 cm³/mol. The number of nitrogens with one attached hydrogen (secondary N) is 1. The fraction of sp³-hybridized carbons (Fsp3) is 0.923. The number of carbonyl (C=O) groups is 1. The van der Waals surface area contributed by atoms with E-state index in [1.165, 1.54) is 32.1 Å². The molecular formula is C13H26N2O. The average Bonchev–Trinajstić information content (AvgIpc) is 2.26. The van der Waals surface area contributed by atoms with Gasteiger partial charge in [-0.15, -0.1) is 0 Å². The van der Waals surface area contributed by atoms with Crippen LogP contribution < -0.4 is 11.1 Å². The van der Waals surface area contributed by atoms with Gasteiger partial charge in [-0.2, -0.15) is 0 Å². The lowest BCUT2D eigenvalue weighted by Crippen LogP contribution is -2.46. The number of hydrogen-bond acceptors (Lipinski definition) is 2. The van der Waals surface area contributed by atoms with Crippen molar-refractivity contribution in [2.24, 2.45) is 17.6 Å². The average molecular weight is 226 g/mol. The second-order valence-corrected chi connectivity index (χ2v) is 5.41. The van der Waals surface area contributed by atoms with Gasteiger partial charge in [-0.3, -0.25) is 4.79 Å². The van der Waals surface area contributed by atoms with Crippen LogP contribution in [0.15, 0.2) is 0 Å². The van der Waals surface area contributed by atoms with Gasteiger partial charge in [0.25, 0.3) is 0 Å². The molecule has 0 saturated heterocycles. The highest BCUT2D eigenvalue weighted by atomic mass is 16.1. The Hall–Kier alpha value is -0.570. The molecule has 1 fully saturated rings. The van der Waals surface area contributed by atoms with Gasteiger partial charge < -0.3 is 11.1 Å². The van der Waals surface area contributed by atoms with E-state index in [-0.39, 0.29) is 11.9 Å². The minimum atomic E-state index is 0.163. The van der Waals surface area contributed by atoms with Gasteiger partial charge >= 0.3 is 0 Å². The maximum absolute atomic E-state index is 11.7. The molecule has 3 N–H and O–H groups in total. The van der Waals surface area contributed by atoms with Gasteiger partial charge in [0, 0.05) is 19.0 Å². The number of amides is 1. The molecule has 1 amide bonds. The molecule has 0 heterocycles. The zero-order chi connectivity index (χ0) is 12.0. The second kappa shape index (κ2) is 6.89. The van der Waals surface area contributed by atoms with Crippen molar-refractivity contribution in [1.82, 2.24) is 5.32 Å². The van der Waals surface area contributed by atoms with Gasteiger partial charge in [-0.25, -0.2) is 0 Å². The van der Waals surface area contributed by atoms with E-state index in [0.717, 1.165) is 0 Å². The summed E-state index contributed by atoms with van der Waals surface area (Å²) in [4.78, 5) is 11.7. The number of carbonyl (C=O) groups excluding carboxylic acids is 1. The van der Waals surface area contributed by atoms with Crippen molar-refractivity contribution >= 4 is 5.91 Å². The van der Waals surface area contributed by atoms with E-state index >= 15 is 0 Å². The monoisotopic (exact) mass is 226 g/mol. The predicted octanol–water partition coefficient (Wildman–Crippen LogP) is 2.06. The van der Waals surface area contributed by atoms with Gasteiger partial charge in [0.05, 0.1) is 0 Å². The van der Waals surface area contributed by atoms with Crippen LogP contribution in [0.5, 0.6) is 0 Å². The zero-order valence-electron chi connectivity index (χ0n) is 10.7. The minimum Gasteiger partial charge on any atom is -0.352 e. The Morgan fingerprint density at radius 1 is 1.31 bits per heavy atom. The minimum absolute atomic E-state index is 0.163. The third kappa shape index (κ3) is 4.52. The first kappa shape index (κ1) is 13.5. The van der Waals surface area contributed by atoms with Crippen LogP contribution in [0.25, 0.3) is 0 Å². The molecule has 0 aliphatic heterocycles. The van der Waals surface area contributed by atoms with Gasteiger partial charge in [0.2, 0.25) is 5.91 Å². The Morgan fingerprint density at radius 3 is 2.44 bits per heavy atom. The Morgan fingerprint density at radius 2 is 1.94 bits per heavy atom. The topological polar surface area (TPSA) is 55.1 Å². The summed E-state index contributed by atoms with van der Waals surface area (Å²) in [5.41, 5.74) is 5.77. The summed E-state index contributed by atoms with van der Waals surface area (Å²) in [5, 5.41) is 3.10. The van der Waals surface area contributed by atoms with Crippen molar-refractivity contribution in [2.45, 2.75) is 58.4 Å². The smallest absolute Gasteiger partial charge is 0.220 e. The third-order valence-corrected chi connectivity index (χ3v) is 3.41. The van der Waals surface area contributed by atoms with Crippen LogP contribution in [-0.2, 0) is 4.79 Å². The number of hydrogen-bond donors (Lipinski definition) is 2. The zero-order valence-corrected chi connectivity index (χ0v) is 10.7. The molecule has 0 aromatic carbocycles. The molecule has 0 aromatic rings. The van der Waals surface area contributed by atoms with Crippen LogP contribution in [0.3, 0.4) is 0 Å². The molecule has 1 saturated carbocycles. The summed E-state index contributed by atoms with van der Waals surface area (Å²) in [6, 6.07) is 0.201. The molecule has 0 spiro atoms. The maximum atomic E-state index is 11.7. The first-order valence-electron chi connectivity index (χ1n) is 6.63. The van der Waals surface area contributed by atoms with Crippen molar-refractivity contribution < 1.29 is 4.79 Å². The van der Waals surface area contributed by atoms with E-state index < -0.39 is 0 Å². The lowest BCUT2D eigenvalue weighted by atomic mass is 9.84. The molecule has 0 bridgehead atoms. The number of nitrogens with two attached hydrogens (primary N) is 1. The van der Waals surface area contributed by atoms with E-state index in [1.807, 2.05) is 0 Å². The Kier molecular flexibility index (Phi) is 5.81. The van der Waals surface area contributed by atoms with Crippen molar-refractivity contribution in [3.05, 3.63) is 0 Å². The molecule has 1 atom stereocenters. The summed E-state index contributed by atoms with van der Waals surface area (Å²) in [6.07, 6.45) is 6.99. The SMILES string of the molecule is CC(C)CC(=O)NC(CN)C1CCCCC1. The van der Waals surface area contributed by atoms with Gasteiger partial charge in [0.15, 0.2) is 0 Å². The summed E-state index contributed by atoms with van der Waals surface area (Å²) < 4.78 is 0. The first-order valence-corrected chi connectivity index (χ1v) is 6.63. The van der Waals surface area contributed by atoms with Crippen molar-refractivity contribution in [2.75, 3.05) is 6.54 Å². The molecule has 16 heavy (non-hydrogen) atoms. The summed E-state index contributed by atoms with van der Waals surface area (Å²) in [5.74, 6) is 1.19. The molecule has 94 valence electrons. The molecule has 0 aromatic heterocycles. The Labute approximate surface area is 99.2 Å². The van der Waals surface area contributed by atoms with E-state index in [9.17, 15) is 4.79 Å². The fourth-order valence-electron chi connectivity index (χ4n) is 2.54. The van der Waals surface area contributed by atoms with Gasteiger partial charge in [-0.1, -0.05) is 33.1 Å². The van der Waals surface area contributed by atoms with Crippen molar-refractivity contribution in [3.63, 3.8) is 0 Å². The van der Waals surface area contributed by atoms with E-state index in [1.54, 1.807) is 0 Å². The molecule has 1 rings (SSSR count). The maximum Gasteiger partial charge on any atom is 0.220 e. The molecule has 1 aliphatic carbocycles. The van der Waals surface area contributed by atoms with Gasteiger partial charge in [-0.05, 0) is 24.7 Å². The van der Waals surface area contributed by atoms with Crippen LogP contribution in [0.4, 0.5) is 0 Å². The fourth-order valence-corrected chi connectivity index (χ4v) is 2.54. The summed E-state index contributed by atoms with van der Waals surface area (Å²) in [7, 11) is 0. The Bertz CT molecular complexity index is 210. The van der Waals surface area contributed by atoms with Crippen LogP contribution in [0.1, 0.15) is 52.4 Å². The van der Waals surface area contributed by atoms with Gasteiger partial charge in [0.1, 0.15) is 0 Å². The van der Waals surface area contributed by atoms with Crippen molar-refractivity contribution in [3.8, 4) is 0 Å². The molecule has 1 aliphatic rings. The van der Waals surface area contributed by atoms with E-state index in [0.29, 0.717) is 24.8 Å². The summed E-state index contributed by atoms with van der Waals surface area (Å²) >= 11 is 0. The molecule has 0 radical (unpaired) electrons. The molecule has 1 unspecified atom stereocenters. The molecule has 3 heteroatoms. The standard InChI is InChI=1S/C13H26N2O/c1-10(2)8-13(16)15-12(9-14)11-6-4-3-5-7-11/h10-12H,3-9,14H2,1-2H3,(H,15,16). The third-order valence-electron chi connectivity index (χ3n) is 3.41. The van der Waals surface area contributed by atoms with Crippen LogP contribution >= 0.6 is 0 Å². The lowest BCUT2D eigenvalue weighted by molar-refractivity contribution is -0.122. The molecular weight excluding hydrogens is 200 g/mol. The largest absolute Gasteiger partial charge is 0.352 e. The highest BCUT2D eigenvalue weighted by Gasteiger charge is 2.23. The highest BCUT2D eigenvalue weighted by Crippen LogP contribution is 2.26. The van der Waals surface area contributed by atoms with E-state index in [4.69, 9.17) is 5.73 Å². The van der Waals surface area contributed by atoms with Crippen LogP contribution in [0.2, 0.25) is 0 Å². The second-order valence-electron chi connectivity index (χ2n) is 5.41. The summed E-state index contributed by atoms with van der Waals surface area (Å²) in [6.45, 7) is 4.71.